The van der Waals surface area contributed by atoms with E-state index in [2.05, 4.69) is 39.7 Å². The summed E-state index contributed by atoms with van der Waals surface area (Å²) in [5, 5.41) is 44.7. The van der Waals surface area contributed by atoms with Crippen LogP contribution in [0.4, 0.5) is 11.4 Å². The number of amides is 2. The molecule has 1 spiro atoms. The molecule has 2 amide bonds. The molecule has 3 aromatic carbocycles. The Bertz CT molecular complexity index is 2600. The van der Waals surface area contributed by atoms with Crippen LogP contribution in [0, 0.1) is 18.8 Å². The van der Waals surface area contributed by atoms with E-state index >= 15 is 0 Å². The molecular formula is C51H64N6O10. The zero-order chi connectivity index (χ0) is 48.0. The average Bonchev–Trinajstić information content (AvgIpc) is 3.78. The first-order chi connectivity index (χ1) is 32.0. The molecule has 1 saturated heterocycles. The number of carbonyl (C=O) groups is 4. The lowest BCUT2D eigenvalue weighted by molar-refractivity contribution is -0.152. The van der Waals surface area contributed by atoms with E-state index in [0.717, 1.165) is 25.3 Å². The Morgan fingerprint density at radius 1 is 1.01 bits per heavy atom. The van der Waals surface area contributed by atoms with Crippen LogP contribution in [0.25, 0.3) is 10.8 Å². The Morgan fingerprint density at radius 3 is 2.49 bits per heavy atom. The van der Waals surface area contributed by atoms with Crippen molar-refractivity contribution in [1.82, 2.24) is 10.2 Å². The first kappa shape index (κ1) is 48.7. The number of benzene rings is 3. The van der Waals surface area contributed by atoms with Crippen molar-refractivity contribution >= 4 is 45.7 Å². The summed E-state index contributed by atoms with van der Waals surface area (Å²) in [6.07, 6.45) is 9.05. The maximum Gasteiger partial charge on any atom is 0.315 e. The average molecular weight is 921 g/mol. The summed E-state index contributed by atoms with van der Waals surface area (Å²) >= 11 is 0. The van der Waals surface area contributed by atoms with Gasteiger partial charge in [-0.15, -0.1) is 0 Å². The third kappa shape index (κ3) is 11.1. The molecule has 0 saturated carbocycles. The fourth-order valence-electron chi connectivity index (χ4n) is 9.11. The number of aromatic hydroxyl groups is 2. The quantitative estimate of drug-likeness (QED) is 0.0627. The molecule has 6 N–H and O–H groups in total. The van der Waals surface area contributed by atoms with Crippen molar-refractivity contribution in [3.05, 3.63) is 88.3 Å². The molecule has 16 nitrogen and oxygen atoms in total. The molecule has 16 heteroatoms. The number of fused-ring (bicyclic) bond motifs is 13. The Kier molecular flexibility index (Phi) is 15.1. The second kappa shape index (κ2) is 20.7. The molecule has 0 radical (unpaired) electrons. The van der Waals surface area contributed by atoms with Gasteiger partial charge in [-0.05, 0) is 69.6 Å². The number of likely N-dealkylation sites (tertiary alicyclic amines) is 1. The summed E-state index contributed by atoms with van der Waals surface area (Å²) < 4.78 is 18.1. The predicted octanol–water partition coefficient (Wildman–Crippen LogP) is 6.01. The number of hydrogen-bond donors (Lipinski definition) is 6. The number of carbonyl (C=O) groups excluding carboxylic acids is 4. The Balaban J connectivity index is 1.17. The van der Waals surface area contributed by atoms with Gasteiger partial charge in [0.25, 0.3) is 11.7 Å². The first-order valence-corrected chi connectivity index (χ1v) is 23.4. The Hall–Kier alpha value is -6.26. The number of allylic oxidation sites excluding steroid dienone is 4. The van der Waals surface area contributed by atoms with Crippen LogP contribution in [0.15, 0.2) is 76.5 Å². The van der Waals surface area contributed by atoms with Crippen molar-refractivity contribution in [2.75, 3.05) is 43.4 Å². The fourth-order valence-corrected chi connectivity index (χ4v) is 9.11. The molecule has 1 fully saturated rings. The normalized spacial score (nSPS) is 25.0. The standard InChI is InChI=1S/C51H64N6O10/c1-30(2)29-57-24-20-51(21-25-57)55-42-39-40-45(61)33(5)47-41(39)48(63)50(6,67-47)65-26-11-10-17-36(66-38(60)28-37(59)53-23-22-52-34-15-8-7-9-16-34)27-35(58)19-18-31(3)13-12-14-32(4)49(64)54-44(46(40)62)43(42)56-51/h7-9,11-16,26,30-31,35-36,52,55,58,61-62H,10,17-25,27-29H2,1-6H3,(H,53,59)/b13-12+,26-11+,32-14-,54-44?/t31?,35?,36-,50?/m1/s1. The minimum absolute atomic E-state index is 0.00252. The number of Topliss-reactive ketones (excluding diaryl/α,β-unsaturated/α-hetero) is 1. The van der Waals surface area contributed by atoms with Crippen LogP contribution in [-0.2, 0) is 23.9 Å². The lowest BCUT2D eigenvalue weighted by Crippen LogP contribution is -2.47. The van der Waals surface area contributed by atoms with Crippen LogP contribution in [0.2, 0.25) is 0 Å². The van der Waals surface area contributed by atoms with E-state index in [-0.39, 0.29) is 68.4 Å². The molecule has 3 unspecified atom stereocenters. The molecule has 4 atom stereocenters. The molecule has 8 rings (SSSR count). The summed E-state index contributed by atoms with van der Waals surface area (Å²) in [6.45, 7) is 14.1. The Morgan fingerprint density at radius 2 is 1.76 bits per heavy atom. The monoisotopic (exact) mass is 920 g/mol. The van der Waals surface area contributed by atoms with Crippen molar-refractivity contribution < 1.29 is 48.7 Å². The zero-order valence-corrected chi connectivity index (χ0v) is 39.3. The highest BCUT2D eigenvalue weighted by atomic mass is 16.7. The molecule has 5 heterocycles. The van der Waals surface area contributed by atoms with Gasteiger partial charge >= 0.3 is 11.8 Å². The summed E-state index contributed by atoms with van der Waals surface area (Å²) in [5.74, 6) is -4.62. The molecule has 67 heavy (non-hydrogen) atoms. The van der Waals surface area contributed by atoms with Crippen LogP contribution >= 0.6 is 0 Å². The van der Waals surface area contributed by atoms with E-state index in [4.69, 9.17) is 19.2 Å². The van der Waals surface area contributed by atoms with Gasteiger partial charge < -0.3 is 50.4 Å². The number of nitrogens with one attached hydrogen (secondary N) is 3. The highest BCUT2D eigenvalue weighted by Gasteiger charge is 2.50. The number of phenols is 2. The van der Waals surface area contributed by atoms with E-state index in [1.807, 2.05) is 43.3 Å². The van der Waals surface area contributed by atoms with Crippen LogP contribution in [0.5, 0.6) is 17.2 Å². The third-order valence-electron chi connectivity index (χ3n) is 12.8. The zero-order valence-electron chi connectivity index (χ0n) is 39.3. The minimum atomic E-state index is -1.90. The van der Waals surface area contributed by atoms with Crippen LogP contribution in [-0.4, -0.2) is 100 Å². The van der Waals surface area contributed by atoms with Crippen molar-refractivity contribution in [3.8, 4) is 17.2 Å². The van der Waals surface area contributed by atoms with Crippen molar-refractivity contribution in [3.63, 3.8) is 0 Å². The minimum Gasteiger partial charge on any atom is -0.507 e. The highest BCUT2D eigenvalue weighted by Crippen LogP contribution is 2.51. The number of piperidine rings is 1. The summed E-state index contributed by atoms with van der Waals surface area (Å²) in [7, 11) is 0. The van der Waals surface area contributed by atoms with Gasteiger partial charge in [0.15, 0.2) is 5.75 Å². The van der Waals surface area contributed by atoms with Gasteiger partial charge in [-0.3, -0.25) is 24.2 Å². The molecule has 0 aliphatic carbocycles. The topological polar surface area (TPSA) is 221 Å². The van der Waals surface area contributed by atoms with Crippen molar-refractivity contribution in [2.45, 2.75) is 117 Å². The van der Waals surface area contributed by atoms with Gasteiger partial charge in [0.2, 0.25) is 5.91 Å². The maximum absolute atomic E-state index is 14.7. The molecule has 3 aromatic rings. The van der Waals surface area contributed by atoms with E-state index < -0.39 is 59.4 Å². The summed E-state index contributed by atoms with van der Waals surface area (Å²) in [4.78, 5) is 66.1. The second-order valence-corrected chi connectivity index (χ2v) is 18.8. The SMILES string of the molecule is C/C1=C/C=C/C(C)CCC(O)C[C@H](OC(=O)CC(=O)NCCNc2ccccc2)CC/C=C/OC2(C)Oc3c(C)c(O)c4c(O)c(c5c(c4c3C2=O)NC2(CCN(CC(C)C)CC2)N=5)=NC1=O. The number of anilines is 2. The number of aliphatic hydroxyl groups excluding tert-OH is 1. The fraction of sp³-hybridized carbons (Fsp3) is 0.490. The number of rotatable bonds is 9. The van der Waals surface area contributed by atoms with Gasteiger partial charge in [0.05, 0.1) is 29.0 Å². The van der Waals surface area contributed by atoms with Gasteiger partial charge in [-0.25, -0.2) is 4.99 Å². The molecule has 5 aliphatic heterocycles. The number of aliphatic hydroxyl groups is 1. The number of nitrogens with zero attached hydrogens (tertiary/aromatic N) is 3. The van der Waals surface area contributed by atoms with E-state index in [1.165, 1.54) is 13.2 Å². The van der Waals surface area contributed by atoms with Gasteiger partial charge in [0.1, 0.15) is 40.4 Å². The molecule has 5 aliphatic rings. The number of ether oxygens (including phenoxy) is 3. The maximum atomic E-state index is 14.7. The first-order valence-electron chi connectivity index (χ1n) is 23.4. The number of hydrogen-bond acceptors (Lipinski definition) is 14. The van der Waals surface area contributed by atoms with Crippen LogP contribution in [0.1, 0.15) is 102 Å². The van der Waals surface area contributed by atoms with E-state index in [1.54, 1.807) is 32.1 Å². The highest BCUT2D eigenvalue weighted by molar-refractivity contribution is 6.21. The lowest BCUT2D eigenvalue weighted by atomic mass is 9.92. The predicted molar refractivity (Wildman–Crippen MR) is 253 cm³/mol. The summed E-state index contributed by atoms with van der Waals surface area (Å²) in [6, 6.07) is 9.53. The van der Waals surface area contributed by atoms with Gasteiger partial charge in [0, 0.05) is 81.1 Å². The number of esters is 1. The lowest BCUT2D eigenvalue weighted by Gasteiger charge is -2.38. The van der Waals surface area contributed by atoms with Crippen LogP contribution in [0.3, 0.4) is 0 Å². The third-order valence-corrected chi connectivity index (χ3v) is 12.8. The number of para-hydroxylation sites is 1. The molecule has 5 bridgehead atoms. The number of ketones is 1. The van der Waals surface area contributed by atoms with Crippen molar-refractivity contribution in [2.24, 2.45) is 21.8 Å². The van der Waals surface area contributed by atoms with Crippen molar-refractivity contribution in [1.29, 1.82) is 0 Å². The smallest absolute Gasteiger partial charge is 0.315 e. The Labute approximate surface area is 390 Å². The largest absolute Gasteiger partial charge is 0.507 e. The van der Waals surface area contributed by atoms with E-state index in [9.17, 15) is 34.5 Å². The summed E-state index contributed by atoms with van der Waals surface area (Å²) in [5.41, 5.74) is 0.950. The molecule has 0 aromatic heterocycles. The second-order valence-electron chi connectivity index (χ2n) is 18.8. The van der Waals surface area contributed by atoms with E-state index in [0.29, 0.717) is 56.8 Å². The van der Waals surface area contributed by atoms with Gasteiger partial charge in [-0.1, -0.05) is 57.2 Å². The molecule has 358 valence electrons. The van der Waals surface area contributed by atoms with Gasteiger partial charge in [-0.2, -0.15) is 0 Å². The molecular weight excluding hydrogens is 857 g/mol. The van der Waals surface area contributed by atoms with Crippen LogP contribution < -0.4 is 31.4 Å². The number of phenolic OH excluding ortho intramolecular Hbond substituents is 2.